The molecule has 19 heavy (non-hydrogen) atoms. The molecule has 0 unspecified atom stereocenters. The Kier molecular flexibility index (Phi) is 4.53. The highest BCUT2D eigenvalue weighted by molar-refractivity contribution is 6.17. The largest absolute Gasteiger partial charge is 0.486 e. The Hall–Kier alpha value is -1.87. The number of para-hydroxylation sites is 1. The van der Waals surface area contributed by atoms with Crippen LogP contribution in [0.5, 0.6) is 5.75 Å². The number of ether oxygens (including phenoxy) is 1. The molecule has 0 aliphatic rings. The Morgan fingerprint density at radius 2 is 2.05 bits per heavy atom. The van der Waals surface area contributed by atoms with Crippen LogP contribution >= 0.6 is 11.6 Å². The summed E-state index contributed by atoms with van der Waals surface area (Å²) in [6.07, 6.45) is 3.23. The molecule has 0 amide bonds. The van der Waals surface area contributed by atoms with Gasteiger partial charge >= 0.3 is 0 Å². The summed E-state index contributed by atoms with van der Waals surface area (Å²) in [7, 11) is 0. The molecule has 0 radical (unpaired) electrons. The summed E-state index contributed by atoms with van der Waals surface area (Å²) in [5.74, 6) is 0.0404. The summed E-state index contributed by atoms with van der Waals surface area (Å²) in [5.41, 5.74) is 2.11. The lowest BCUT2D eigenvalue weighted by molar-refractivity contribution is 0.343. The third-order valence-corrected chi connectivity index (χ3v) is 2.87. The van der Waals surface area contributed by atoms with Crippen molar-refractivity contribution in [2.24, 2.45) is 0 Å². The molecule has 98 valence electrons. The van der Waals surface area contributed by atoms with Gasteiger partial charge in [-0.3, -0.25) is 4.98 Å². The van der Waals surface area contributed by atoms with Crippen molar-refractivity contribution in [1.29, 1.82) is 0 Å². The zero-order valence-electron chi connectivity index (χ0n) is 10.3. The van der Waals surface area contributed by atoms with Crippen molar-refractivity contribution in [2.75, 3.05) is 6.61 Å². The van der Waals surface area contributed by atoms with Gasteiger partial charge in [0.1, 0.15) is 6.61 Å². The van der Waals surface area contributed by atoms with Crippen LogP contribution in [0.3, 0.4) is 0 Å². The average molecular weight is 278 g/mol. The number of hydrogen-bond acceptors (Lipinski definition) is 2. The van der Waals surface area contributed by atoms with Gasteiger partial charge in [0.25, 0.3) is 0 Å². The van der Waals surface area contributed by atoms with Gasteiger partial charge in [-0.1, -0.05) is 30.9 Å². The fourth-order valence-corrected chi connectivity index (χ4v) is 2.01. The van der Waals surface area contributed by atoms with Crippen LogP contribution in [-0.4, -0.2) is 11.6 Å². The van der Waals surface area contributed by atoms with Crippen molar-refractivity contribution < 1.29 is 9.13 Å². The van der Waals surface area contributed by atoms with Crippen LogP contribution in [0.1, 0.15) is 5.69 Å². The number of benzene rings is 1. The van der Waals surface area contributed by atoms with Crippen LogP contribution in [0.4, 0.5) is 4.39 Å². The fraction of sp³-hybridized carbons (Fsp3) is 0.133. The van der Waals surface area contributed by atoms with Crippen LogP contribution in [0.2, 0.25) is 0 Å². The third kappa shape index (κ3) is 2.93. The molecule has 0 spiro atoms. The van der Waals surface area contributed by atoms with Crippen LogP contribution < -0.4 is 4.74 Å². The van der Waals surface area contributed by atoms with Crippen molar-refractivity contribution in [3.63, 3.8) is 0 Å². The summed E-state index contributed by atoms with van der Waals surface area (Å²) in [6.45, 7) is 3.80. The maximum Gasteiger partial charge on any atom is 0.165 e. The second kappa shape index (κ2) is 6.34. The molecule has 1 heterocycles. The van der Waals surface area contributed by atoms with E-state index in [1.807, 2.05) is 6.07 Å². The number of nitrogens with zero attached hydrogens (tertiary/aromatic N) is 1. The van der Waals surface area contributed by atoms with Crippen molar-refractivity contribution >= 4 is 11.6 Å². The number of halogens is 2. The van der Waals surface area contributed by atoms with Crippen LogP contribution in [-0.2, 0) is 5.88 Å². The molecule has 0 atom stereocenters. The lowest BCUT2D eigenvalue weighted by atomic mass is 10.0. The van der Waals surface area contributed by atoms with Gasteiger partial charge in [-0.25, -0.2) is 4.39 Å². The normalized spacial score (nSPS) is 10.2. The standard InChI is InChI=1S/C15H13ClFNO/c1-2-9-19-15-12(5-3-7-13(15)17)11-6-4-8-18-14(11)10-16/h2-8H,1,9-10H2. The van der Waals surface area contributed by atoms with Crippen LogP contribution in [0.25, 0.3) is 11.1 Å². The average Bonchev–Trinajstić information content (AvgIpc) is 2.46. The van der Waals surface area contributed by atoms with Gasteiger partial charge in [0.05, 0.1) is 11.6 Å². The smallest absolute Gasteiger partial charge is 0.165 e. The Bertz CT molecular complexity index is 586. The summed E-state index contributed by atoms with van der Waals surface area (Å²) >= 11 is 5.87. The van der Waals surface area contributed by atoms with Crippen molar-refractivity contribution in [1.82, 2.24) is 4.98 Å². The van der Waals surface area contributed by atoms with Gasteiger partial charge in [-0.05, 0) is 12.1 Å². The molecule has 1 aromatic heterocycles. The minimum Gasteiger partial charge on any atom is -0.486 e. The maximum atomic E-state index is 13.9. The van der Waals surface area contributed by atoms with E-state index in [1.165, 1.54) is 6.07 Å². The fourth-order valence-electron chi connectivity index (χ4n) is 1.80. The van der Waals surface area contributed by atoms with E-state index in [-0.39, 0.29) is 18.2 Å². The number of alkyl halides is 1. The van der Waals surface area contributed by atoms with E-state index in [4.69, 9.17) is 16.3 Å². The first-order valence-corrected chi connectivity index (χ1v) is 6.33. The molecule has 0 aliphatic heterocycles. The highest BCUT2D eigenvalue weighted by atomic mass is 35.5. The van der Waals surface area contributed by atoms with E-state index in [2.05, 4.69) is 11.6 Å². The second-order valence-electron chi connectivity index (χ2n) is 3.85. The highest BCUT2D eigenvalue weighted by Gasteiger charge is 2.14. The monoisotopic (exact) mass is 277 g/mol. The molecule has 0 saturated carbocycles. The van der Waals surface area contributed by atoms with E-state index in [1.54, 1.807) is 30.5 Å². The van der Waals surface area contributed by atoms with Gasteiger partial charge in [0.15, 0.2) is 11.6 Å². The molecule has 0 aliphatic carbocycles. The minimum absolute atomic E-state index is 0.196. The number of pyridine rings is 1. The lowest BCUT2D eigenvalue weighted by Crippen LogP contribution is -1.99. The zero-order chi connectivity index (χ0) is 13.7. The first kappa shape index (κ1) is 13.6. The van der Waals surface area contributed by atoms with Gasteiger partial charge in [0, 0.05) is 17.3 Å². The molecular weight excluding hydrogens is 265 g/mol. The van der Waals surface area contributed by atoms with Gasteiger partial charge < -0.3 is 4.74 Å². The molecule has 0 fully saturated rings. The summed E-state index contributed by atoms with van der Waals surface area (Å²) in [6, 6.07) is 8.41. The van der Waals surface area contributed by atoms with E-state index < -0.39 is 5.82 Å². The third-order valence-electron chi connectivity index (χ3n) is 2.62. The van der Waals surface area contributed by atoms with E-state index in [0.717, 1.165) is 5.56 Å². The van der Waals surface area contributed by atoms with Gasteiger partial charge in [-0.15, -0.1) is 11.6 Å². The molecule has 2 nitrogen and oxygen atoms in total. The van der Waals surface area contributed by atoms with Crippen LogP contribution in [0, 0.1) is 5.82 Å². The van der Waals surface area contributed by atoms with Gasteiger partial charge in [-0.2, -0.15) is 0 Å². The van der Waals surface area contributed by atoms with Crippen molar-refractivity contribution in [2.45, 2.75) is 5.88 Å². The maximum absolute atomic E-state index is 13.9. The zero-order valence-corrected chi connectivity index (χ0v) is 11.0. The predicted octanol–water partition coefficient (Wildman–Crippen LogP) is 4.19. The van der Waals surface area contributed by atoms with E-state index in [0.29, 0.717) is 11.3 Å². The summed E-state index contributed by atoms with van der Waals surface area (Å²) in [4.78, 5) is 4.19. The first-order chi connectivity index (χ1) is 9.27. The molecule has 0 saturated heterocycles. The van der Waals surface area contributed by atoms with Gasteiger partial charge in [0.2, 0.25) is 0 Å². The SMILES string of the molecule is C=CCOc1c(F)cccc1-c1cccnc1CCl. The highest BCUT2D eigenvalue weighted by Crippen LogP contribution is 2.34. The first-order valence-electron chi connectivity index (χ1n) is 5.80. The minimum atomic E-state index is -0.413. The van der Waals surface area contributed by atoms with Crippen molar-refractivity contribution in [3.8, 4) is 16.9 Å². The Morgan fingerprint density at radius 3 is 2.79 bits per heavy atom. The molecule has 1 aromatic carbocycles. The lowest BCUT2D eigenvalue weighted by Gasteiger charge is -2.13. The number of rotatable bonds is 5. The predicted molar refractivity (Wildman–Crippen MR) is 74.9 cm³/mol. The topological polar surface area (TPSA) is 22.1 Å². The Balaban J connectivity index is 2.54. The molecule has 2 aromatic rings. The summed E-state index contributed by atoms with van der Waals surface area (Å²) in [5, 5.41) is 0. The molecule has 0 bridgehead atoms. The Morgan fingerprint density at radius 1 is 1.26 bits per heavy atom. The Labute approximate surface area is 116 Å². The number of aromatic nitrogens is 1. The molecule has 4 heteroatoms. The number of hydrogen-bond donors (Lipinski definition) is 0. The van der Waals surface area contributed by atoms with Crippen molar-refractivity contribution in [3.05, 3.63) is 60.7 Å². The summed E-state index contributed by atoms with van der Waals surface area (Å²) < 4.78 is 19.3. The second-order valence-corrected chi connectivity index (χ2v) is 4.11. The molecule has 2 rings (SSSR count). The van der Waals surface area contributed by atoms with E-state index in [9.17, 15) is 4.39 Å². The molecule has 0 N–H and O–H groups in total. The molecular formula is C15H13ClFNO. The van der Waals surface area contributed by atoms with Crippen LogP contribution in [0.15, 0.2) is 49.2 Å². The quantitative estimate of drug-likeness (QED) is 0.604. The van der Waals surface area contributed by atoms with E-state index >= 15 is 0 Å².